The largest absolute Gasteiger partial charge is 0.496 e. The van der Waals surface area contributed by atoms with Crippen molar-refractivity contribution in [2.45, 2.75) is 6.54 Å². The molecule has 0 fully saturated rings. The van der Waals surface area contributed by atoms with E-state index in [1.54, 1.807) is 14.2 Å². The highest BCUT2D eigenvalue weighted by atomic mass is 16.7. The van der Waals surface area contributed by atoms with Crippen LogP contribution in [0.2, 0.25) is 0 Å². The second kappa shape index (κ2) is 9.02. The summed E-state index contributed by atoms with van der Waals surface area (Å²) in [6.45, 7) is 2.07. The molecule has 0 saturated heterocycles. The van der Waals surface area contributed by atoms with Crippen LogP contribution in [0.1, 0.15) is 5.56 Å². The molecule has 0 radical (unpaired) electrons. The lowest BCUT2D eigenvalue weighted by molar-refractivity contribution is 0.173. The Morgan fingerprint density at radius 3 is 2.81 bits per heavy atom. The number of para-hydroxylation sites is 1. The molecule has 2 aromatic rings. The lowest BCUT2D eigenvalue weighted by atomic mass is 10.2. The Kier molecular flexibility index (Phi) is 6.25. The smallest absolute Gasteiger partial charge is 0.231 e. The van der Waals surface area contributed by atoms with E-state index < -0.39 is 0 Å². The number of rotatable bonds is 7. The van der Waals surface area contributed by atoms with E-state index in [4.69, 9.17) is 18.9 Å². The van der Waals surface area contributed by atoms with Crippen molar-refractivity contribution in [1.82, 2.24) is 10.2 Å². The minimum absolute atomic E-state index is 0.259. The Morgan fingerprint density at radius 1 is 1.19 bits per heavy atom. The predicted octanol–water partition coefficient (Wildman–Crippen LogP) is 2.51. The van der Waals surface area contributed by atoms with E-state index in [9.17, 15) is 0 Å². The number of guanidine groups is 1. The van der Waals surface area contributed by atoms with E-state index in [1.165, 1.54) is 0 Å². The summed E-state index contributed by atoms with van der Waals surface area (Å²) in [6, 6.07) is 13.5. The van der Waals surface area contributed by atoms with Gasteiger partial charge in [-0.05, 0) is 18.2 Å². The standard InChI is InChI=1S/C20H25N3O4/c1-21-20(23(2)13-15-6-4-5-7-17(15)24-3)22-10-11-25-16-8-9-18-19(12-16)27-14-26-18/h4-9,12H,10-11,13-14H2,1-3H3,(H,21,22). The van der Waals surface area contributed by atoms with E-state index >= 15 is 0 Å². The summed E-state index contributed by atoms with van der Waals surface area (Å²) >= 11 is 0. The van der Waals surface area contributed by atoms with Crippen LogP contribution in [0.15, 0.2) is 47.5 Å². The fourth-order valence-corrected chi connectivity index (χ4v) is 2.85. The van der Waals surface area contributed by atoms with E-state index in [-0.39, 0.29) is 6.79 Å². The lowest BCUT2D eigenvalue weighted by Gasteiger charge is -2.23. The zero-order chi connectivity index (χ0) is 19.1. The molecule has 1 aliphatic heterocycles. The summed E-state index contributed by atoms with van der Waals surface area (Å²) in [5.74, 6) is 3.87. The van der Waals surface area contributed by atoms with Crippen LogP contribution < -0.4 is 24.3 Å². The lowest BCUT2D eigenvalue weighted by Crippen LogP contribution is -2.40. The highest BCUT2D eigenvalue weighted by Gasteiger charge is 2.14. The van der Waals surface area contributed by atoms with Gasteiger partial charge in [0.2, 0.25) is 6.79 Å². The minimum Gasteiger partial charge on any atom is -0.496 e. The average molecular weight is 371 g/mol. The zero-order valence-corrected chi connectivity index (χ0v) is 15.9. The van der Waals surface area contributed by atoms with Gasteiger partial charge >= 0.3 is 0 Å². The number of nitrogens with one attached hydrogen (secondary N) is 1. The normalized spacial score (nSPS) is 12.6. The molecule has 0 atom stereocenters. The highest BCUT2D eigenvalue weighted by molar-refractivity contribution is 5.79. The molecule has 144 valence electrons. The monoisotopic (exact) mass is 371 g/mol. The van der Waals surface area contributed by atoms with Gasteiger partial charge in [-0.15, -0.1) is 0 Å². The number of ether oxygens (including phenoxy) is 4. The van der Waals surface area contributed by atoms with Crippen LogP contribution in [0.25, 0.3) is 0 Å². The molecule has 7 heteroatoms. The second-order valence-electron chi connectivity index (χ2n) is 6.01. The maximum absolute atomic E-state index is 5.77. The van der Waals surface area contributed by atoms with Crippen molar-refractivity contribution in [1.29, 1.82) is 0 Å². The van der Waals surface area contributed by atoms with Crippen molar-refractivity contribution in [2.75, 3.05) is 41.1 Å². The quantitative estimate of drug-likeness (QED) is 0.458. The molecule has 1 aliphatic rings. The molecule has 1 N–H and O–H groups in total. The number of methoxy groups -OCH3 is 1. The van der Waals surface area contributed by atoms with E-state index in [0.717, 1.165) is 28.8 Å². The van der Waals surface area contributed by atoms with Gasteiger partial charge in [-0.25, -0.2) is 0 Å². The summed E-state index contributed by atoms with van der Waals surface area (Å²) in [6.07, 6.45) is 0. The highest BCUT2D eigenvalue weighted by Crippen LogP contribution is 2.34. The molecule has 0 bridgehead atoms. The molecule has 27 heavy (non-hydrogen) atoms. The summed E-state index contributed by atoms with van der Waals surface area (Å²) < 4.78 is 21.8. The third-order valence-electron chi connectivity index (χ3n) is 4.17. The number of benzene rings is 2. The van der Waals surface area contributed by atoms with E-state index in [2.05, 4.69) is 10.3 Å². The molecule has 1 heterocycles. The number of hydrogen-bond donors (Lipinski definition) is 1. The first kappa shape index (κ1) is 18.7. The number of fused-ring (bicyclic) bond motifs is 1. The van der Waals surface area contributed by atoms with Gasteiger partial charge in [0, 0.05) is 32.3 Å². The van der Waals surface area contributed by atoms with E-state index in [0.29, 0.717) is 25.4 Å². The molecular weight excluding hydrogens is 346 g/mol. The number of nitrogens with zero attached hydrogens (tertiary/aromatic N) is 2. The van der Waals surface area contributed by atoms with Crippen molar-refractivity contribution >= 4 is 5.96 Å². The van der Waals surface area contributed by atoms with Crippen molar-refractivity contribution in [2.24, 2.45) is 4.99 Å². The fraction of sp³-hybridized carbons (Fsp3) is 0.350. The molecule has 7 nitrogen and oxygen atoms in total. The van der Waals surface area contributed by atoms with Crippen LogP contribution in [0, 0.1) is 0 Å². The van der Waals surface area contributed by atoms with Crippen molar-refractivity contribution in [3.8, 4) is 23.0 Å². The molecule has 0 aromatic heterocycles. The molecule has 3 rings (SSSR count). The Bertz CT molecular complexity index is 795. The SMILES string of the molecule is CN=C(NCCOc1ccc2c(c1)OCO2)N(C)Cc1ccccc1OC. The Labute approximate surface area is 159 Å². The number of hydrogen-bond acceptors (Lipinski definition) is 5. The van der Waals surface area contributed by atoms with Gasteiger partial charge in [-0.3, -0.25) is 4.99 Å². The summed E-state index contributed by atoms with van der Waals surface area (Å²) in [7, 11) is 5.43. The van der Waals surface area contributed by atoms with Crippen molar-refractivity contribution in [3.63, 3.8) is 0 Å². The minimum atomic E-state index is 0.259. The molecule has 0 amide bonds. The van der Waals surface area contributed by atoms with Gasteiger partial charge in [0.1, 0.15) is 18.1 Å². The van der Waals surface area contributed by atoms with Crippen LogP contribution in [-0.2, 0) is 6.54 Å². The molecule has 0 aliphatic carbocycles. The Hall–Kier alpha value is -3.09. The van der Waals surface area contributed by atoms with Crippen LogP contribution in [0.3, 0.4) is 0 Å². The molecule has 2 aromatic carbocycles. The third kappa shape index (κ3) is 4.75. The maximum Gasteiger partial charge on any atom is 0.231 e. The average Bonchev–Trinajstić information content (AvgIpc) is 3.16. The summed E-state index contributed by atoms with van der Waals surface area (Å²) in [5, 5.41) is 3.30. The fourth-order valence-electron chi connectivity index (χ4n) is 2.85. The maximum atomic E-state index is 5.77. The predicted molar refractivity (Wildman–Crippen MR) is 104 cm³/mol. The molecule has 0 saturated carbocycles. The zero-order valence-electron chi connectivity index (χ0n) is 15.9. The molecule has 0 spiro atoms. The Morgan fingerprint density at radius 2 is 2.00 bits per heavy atom. The van der Waals surface area contributed by atoms with Gasteiger partial charge in [0.25, 0.3) is 0 Å². The van der Waals surface area contributed by atoms with Gasteiger partial charge in [0.05, 0.1) is 13.7 Å². The summed E-state index contributed by atoms with van der Waals surface area (Å²) in [4.78, 5) is 6.37. The van der Waals surface area contributed by atoms with Crippen LogP contribution in [0.5, 0.6) is 23.0 Å². The van der Waals surface area contributed by atoms with Crippen LogP contribution in [0.4, 0.5) is 0 Å². The molecule has 0 unspecified atom stereocenters. The van der Waals surface area contributed by atoms with Gasteiger partial charge in [-0.2, -0.15) is 0 Å². The topological polar surface area (TPSA) is 64.6 Å². The first-order chi connectivity index (χ1) is 13.2. The molecular formula is C20H25N3O4. The first-order valence-corrected chi connectivity index (χ1v) is 8.77. The van der Waals surface area contributed by atoms with Gasteiger partial charge in [-0.1, -0.05) is 18.2 Å². The Balaban J connectivity index is 1.47. The summed E-state index contributed by atoms with van der Waals surface area (Å²) in [5.41, 5.74) is 1.10. The van der Waals surface area contributed by atoms with Crippen LogP contribution >= 0.6 is 0 Å². The second-order valence-corrected chi connectivity index (χ2v) is 6.01. The van der Waals surface area contributed by atoms with Crippen molar-refractivity contribution in [3.05, 3.63) is 48.0 Å². The van der Waals surface area contributed by atoms with Gasteiger partial charge in [0.15, 0.2) is 17.5 Å². The third-order valence-corrected chi connectivity index (χ3v) is 4.17. The van der Waals surface area contributed by atoms with Crippen molar-refractivity contribution < 1.29 is 18.9 Å². The van der Waals surface area contributed by atoms with Crippen LogP contribution in [-0.4, -0.2) is 52.0 Å². The van der Waals surface area contributed by atoms with E-state index in [1.807, 2.05) is 54.4 Å². The number of aliphatic imine (C=N–C) groups is 1. The van der Waals surface area contributed by atoms with Gasteiger partial charge < -0.3 is 29.2 Å². The first-order valence-electron chi connectivity index (χ1n) is 8.77.